The Kier molecular flexibility index (Phi) is 7.55. The highest BCUT2D eigenvalue weighted by molar-refractivity contribution is 6.30. The summed E-state index contributed by atoms with van der Waals surface area (Å²) >= 11 is 5.92. The van der Waals surface area contributed by atoms with Crippen LogP contribution in [0.5, 0.6) is 0 Å². The van der Waals surface area contributed by atoms with Crippen LogP contribution in [0.4, 0.5) is 0 Å². The molecule has 0 saturated carbocycles. The van der Waals surface area contributed by atoms with Gasteiger partial charge in [-0.2, -0.15) is 4.98 Å². The summed E-state index contributed by atoms with van der Waals surface area (Å²) in [5, 5.41) is 7.97. The molecule has 0 bridgehead atoms. The molecular weight excluding hydrogens is 424 g/mol. The van der Waals surface area contributed by atoms with Crippen molar-refractivity contribution >= 4 is 17.5 Å². The summed E-state index contributed by atoms with van der Waals surface area (Å²) in [5.41, 5.74) is 3.37. The van der Waals surface area contributed by atoms with Gasteiger partial charge in [0.25, 0.3) is 0 Å². The molecular formula is C25H29ClN4O2. The third-order valence-corrected chi connectivity index (χ3v) is 6.17. The quantitative estimate of drug-likeness (QED) is 0.503. The normalized spacial score (nSPS) is 15.1. The fraction of sp³-hybridized carbons (Fsp3) is 0.400. The fourth-order valence-electron chi connectivity index (χ4n) is 4.06. The molecule has 1 N–H and O–H groups in total. The van der Waals surface area contributed by atoms with Crippen LogP contribution in [-0.2, 0) is 17.8 Å². The van der Waals surface area contributed by atoms with E-state index in [-0.39, 0.29) is 11.8 Å². The maximum absolute atomic E-state index is 12.5. The number of aromatic nitrogens is 2. The van der Waals surface area contributed by atoms with Gasteiger partial charge in [0.05, 0.1) is 6.54 Å². The lowest BCUT2D eigenvalue weighted by molar-refractivity contribution is -0.126. The number of halogens is 1. The molecule has 2 aromatic carbocycles. The van der Waals surface area contributed by atoms with E-state index in [4.69, 9.17) is 16.1 Å². The molecule has 0 atom stereocenters. The first kappa shape index (κ1) is 22.5. The van der Waals surface area contributed by atoms with E-state index in [0.717, 1.165) is 49.4 Å². The molecule has 3 aromatic rings. The van der Waals surface area contributed by atoms with Crippen LogP contribution in [0.25, 0.3) is 11.4 Å². The zero-order valence-corrected chi connectivity index (χ0v) is 19.1. The minimum atomic E-state index is 0.0762. The molecule has 1 saturated heterocycles. The second kappa shape index (κ2) is 10.7. The molecule has 0 aliphatic carbocycles. The van der Waals surface area contributed by atoms with Gasteiger partial charge < -0.3 is 9.84 Å². The molecule has 2 heterocycles. The zero-order chi connectivity index (χ0) is 22.3. The molecule has 1 aliphatic rings. The Morgan fingerprint density at radius 3 is 2.72 bits per heavy atom. The molecule has 6 nitrogen and oxygen atoms in total. The number of carbonyl (C=O) groups excluding carboxylic acids is 1. The molecule has 32 heavy (non-hydrogen) atoms. The number of amides is 1. The summed E-state index contributed by atoms with van der Waals surface area (Å²) in [4.78, 5) is 19.3. The fourth-order valence-corrected chi connectivity index (χ4v) is 4.19. The lowest BCUT2D eigenvalue weighted by Gasteiger charge is -2.30. The van der Waals surface area contributed by atoms with Gasteiger partial charge in [0.15, 0.2) is 0 Å². The van der Waals surface area contributed by atoms with Gasteiger partial charge in [-0.05, 0) is 69.5 Å². The van der Waals surface area contributed by atoms with Crippen molar-refractivity contribution in [2.45, 2.75) is 39.2 Å². The van der Waals surface area contributed by atoms with Gasteiger partial charge in [-0.1, -0.05) is 52.7 Å². The largest absolute Gasteiger partial charge is 0.356 e. The van der Waals surface area contributed by atoms with Crippen LogP contribution in [0.3, 0.4) is 0 Å². The average Bonchev–Trinajstić information content (AvgIpc) is 3.27. The van der Waals surface area contributed by atoms with Crippen molar-refractivity contribution in [2.75, 3.05) is 19.6 Å². The van der Waals surface area contributed by atoms with Crippen LogP contribution in [0.1, 0.15) is 36.3 Å². The van der Waals surface area contributed by atoms with Crippen LogP contribution in [-0.4, -0.2) is 40.6 Å². The van der Waals surface area contributed by atoms with Crippen molar-refractivity contribution in [3.8, 4) is 11.4 Å². The molecule has 1 aliphatic heterocycles. The van der Waals surface area contributed by atoms with E-state index in [1.54, 1.807) is 0 Å². The van der Waals surface area contributed by atoms with Crippen LogP contribution in [0, 0.1) is 12.8 Å². The summed E-state index contributed by atoms with van der Waals surface area (Å²) in [6, 6.07) is 16.0. The van der Waals surface area contributed by atoms with Crippen LogP contribution in [0.15, 0.2) is 53.1 Å². The Balaban J connectivity index is 1.17. The highest BCUT2D eigenvalue weighted by Gasteiger charge is 2.25. The Hall–Kier alpha value is -2.70. The van der Waals surface area contributed by atoms with Gasteiger partial charge in [-0.3, -0.25) is 9.69 Å². The molecule has 1 aromatic heterocycles. The average molecular weight is 453 g/mol. The summed E-state index contributed by atoms with van der Waals surface area (Å²) in [5.74, 6) is 1.48. The number of hydrogen-bond donors (Lipinski definition) is 1. The third kappa shape index (κ3) is 6.17. The van der Waals surface area contributed by atoms with Crippen molar-refractivity contribution in [1.29, 1.82) is 0 Å². The predicted molar refractivity (Wildman–Crippen MR) is 125 cm³/mol. The number of piperidine rings is 1. The van der Waals surface area contributed by atoms with Crippen molar-refractivity contribution < 1.29 is 9.32 Å². The number of rotatable bonds is 8. The Bertz CT molecular complexity index is 1030. The molecule has 168 valence electrons. The third-order valence-electron chi connectivity index (χ3n) is 5.92. The van der Waals surface area contributed by atoms with E-state index in [1.165, 1.54) is 11.1 Å². The summed E-state index contributed by atoms with van der Waals surface area (Å²) < 4.78 is 5.46. The second-order valence-electron chi connectivity index (χ2n) is 8.45. The van der Waals surface area contributed by atoms with Crippen LogP contribution in [0.2, 0.25) is 5.02 Å². The highest BCUT2D eigenvalue weighted by Crippen LogP contribution is 2.21. The molecule has 0 radical (unpaired) electrons. The second-order valence-corrected chi connectivity index (χ2v) is 8.89. The smallest absolute Gasteiger partial charge is 0.241 e. The first-order chi connectivity index (χ1) is 15.6. The first-order valence-electron chi connectivity index (χ1n) is 11.2. The van der Waals surface area contributed by atoms with E-state index in [0.29, 0.717) is 24.8 Å². The Labute approximate surface area is 194 Å². The molecule has 1 fully saturated rings. The Morgan fingerprint density at radius 1 is 1.19 bits per heavy atom. The molecule has 0 unspecified atom stereocenters. The van der Waals surface area contributed by atoms with Crippen molar-refractivity contribution in [3.63, 3.8) is 0 Å². The van der Waals surface area contributed by atoms with E-state index >= 15 is 0 Å². The lowest BCUT2D eigenvalue weighted by Crippen LogP contribution is -2.40. The molecule has 1 amide bonds. The van der Waals surface area contributed by atoms with Gasteiger partial charge in [0.2, 0.25) is 17.6 Å². The maximum Gasteiger partial charge on any atom is 0.241 e. The number of likely N-dealkylation sites (tertiary alicyclic amines) is 1. The predicted octanol–water partition coefficient (Wildman–Crippen LogP) is 4.66. The minimum Gasteiger partial charge on any atom is -0.356 e. The lowest BCUT2D eigenvalue weighted by atomic mass is 9.96. The van der Waals surface area contributed by atoms with E-state index in [9.17, 15) is 4.79 Å². The van der Waals surface area contributed by atoms with E-state index in [2.05, 4.69) is 20.4 Å². The standard InChI is InChI=1S/C25H29ClN4O2/c1-18-4-2-6-21(16-18)24-28-23(32-29-24)17-30-14-11-20(12-15-30)25(31)27-13-3-5-19-7-9-22(26)10-8-19/h2,4,6-10,16,20H,3,5,11-15,17H2,1H3,(H,27,31). The van der Waals surface area contributed by atoms with Gasteiger partial charge >= 0.3 is 0 Å². The SMILES string of the molecule is Cc1cccc(-c2noc(CN3CCC(C(=O)NCCCc4ccc(Cl)cc4)CC3)n2)c1. The summed E-state index contributed by atoms with van der Waals surface area (Å²) in [6.45, 7) is 5.07. The van der Waals surface area contributed by atoms with Crippen LogP contribution < -0.4 is 5.32 Å². The van der Waals surface area contributed by atoms with Gasteiger partial charge in [0, 0.05) is 23.0 Å². The maximum atomic E-state index is 12.5. The van der Waals surface area contributed by atoms with Gasteiger partial charge in [0.1, 0.15) is 0 Å². The highest BCUT2D eigenvalue weighted by atomic mass is 35.5. The molecule has 4 rings (SSSR count). The van der Waals surface area contributed by atoms with Gasteiger partial charge in [-0.25, -0.2) is 0 Å². The van der Waals surface area contributed by atoms with Crippen molar-refractivity contribution in [3.05, 3.63) is 70.6 Å². The monoisotopic (exact) mass is 452 g/mol. The minimum absolute atomic E-state index is 0.0762. The molecule has 7 heteroatoms. The van der Waals surface area contributed by atoms with Gasteiger partial charge in [-0.15, -0.1) is 0 Å². The number of benzene rings is 2. The van der Waals surface area contributed by atoms with E-state index in [1.807, 2.05) is 55.5 Å². The number of aryl methyl sites for hydroxylation is 2. The Morgan fingerprint density at radius 2 is 1.97 bits per heavy atom. The zero-order valence-electron chi connectivity index (χ0n) is 18.4. The molecule has 0 spiro atoms. The van der Waals surface area contributed by atoms with Crippen LogP contribution >= 0.6 is 11.6 Å². The van der Waals surface area contributed by atoms with Crippen molar-refractivity contribution in [1.82, 2.24) is 20.4 Å². The van der Waals surface area contributed by atoms with Crippen molar-refractivity contribution in [2.24, 2.45) is 5.92 Å². The summed E-state index contributed by atoms with van der Waals surface area (Å²) in [7, 11) is 0. The number of carbonyl (C=O) groups is 1. The van der Waals surface area contributed by atoms with E-state index < -0.39 is 0 Å². The number of hydrogen-bond acceptors (Lipinski definition) is 5. The topological polar surface area (TPSA) is 71.3 Å². The number of nitrogens with zero attached hydrogens (tertiary/aromatic N) is 3. The first-order valence-corrected chi connectivity index (χ1v) is 11.6. The summed E-state index contributed by atoms with van der Waals surface area (Å²) in [6.07, 6.45) is 3.56. The number of nitrogens with one attached hydrogen (secondary N) is 1.